The number of hydrogen-bond acceptors (Lipinski definition) is 3. The van der Waals surface area contributed by atoms with Gasteiger partial charge < -0.3 is 4.90 Å². The van der Waals surface area contributed by atoms with Crippen LogP contribution in [0.2, 0.25) is 0 Å². The molecule has 0 unspecified atom stereocenters. The van der Waals surface area contributed by atoms with Crippen LogP contribution in [0, 0.1) is 11.3 Å². The Bertz CT molecular complexity index is 475. The number of rotatable bonds is 4. The lowest BCUT2D eigenvalue weighted by Gasteiger charge is -2.16. The molecule has 0 aliphatic heterocycles. The van der Waals surface area contributed by atoms with E-state index in [2.05, 4.69) is 0 Å². The largest absolute Gasteiger partial charge is 0.341 e. The van der Waals surface area contributed by atoms with Gasteiger partial charge in [0.1, 0.15) is 5.78 Å². The third-order valence-electron chi connectivity index (χ3n) is 2.30. The number of amides is 1. The van der Waals surface area contributed by atoms with Crippen LogP contribution in [0.4, 0.5) is 0 Å². The van der Waals surface area contributed by atoms with E-state index < -0.39 is 0 Å². The van der Waals surface area contributed by atoms with Crippen molar-refractivity contribution in [2.24, 2.45) is 0 Å². The summed E-state index contributed by atoms with van der Waals surface area (Å²) < 4.78 is 0. The number of benzene rings is 1. The van der Waals surface area contributed by atoms with E-state index >= 15 is 0 Å². The molecule has 0 radical (unpaired) electrons. The van der Waals surface area contributed by atoms with Crippen molar-refractivity contribution in [3.8, 4) is 6.07 Å². The van der Waals surface area contributed by atoms with Crippen LogP contribution < -0.4 is 0 Å². The highest BCUT2D eigenvalue weighted by molar-refractivity contribution is 5.96. The van der Waals surface area contributed by atoms with Gasteiger partial charge in [0, 0.05) is 13.6 Å². The SMILES string of the molecule is CC(=O)CC(=O)N(C)Cc1cccc(C#N)c1. The molecule has 1 aromatic carbocycles. The maximum absolute atomic E-state index is 11.6. The third kappa shape index (κ3) is 4.07. The Morgan fingerprint density at radius 1 is 1.41 bits per heavy atom. The first-order chi connectivity index (χ1) is 8.02. The number of Topliss-reactive ketones (excluding diaryl/α,β-unsaturated/α-hetero) is 1. The molecule has 1 amide bonds. The van der Waals surface area contributed by atoms with Gasteiger partial charge in [-0.05, 0) is 24.6 Å². The highest BCUT2D eigenvalue weighted by atomic mass is 16.2. The molecule has 0 N–H and O–H groups in total. The Balaban J connectivity index is 2.67. The molecule has 1 aromatic rings. The van der Waals surface area contributed by atoms with Gasteiger partial charge in [0.05, 0.1) is 18.1 Å². The number of ketones is 1. The van der Waals surface area contributed by atoms with Gasteiger partial charge in [-0.15, -0.1) is 0 Å². The smallest absolute Gasteiger partial charge is 0.230 e. The van der Waals surface area contributed by atoms with Crippen molar-refractivity contribution in [2.45, 2.75) is 19.9 Å². The number of nitriles is 1. The zero-order chi connectivity index (χ0) is 12.8. The number of nitrogens with zero attached hydrogens (tertiary/aromatic N) is 2. The van der Waals surface area contributed by atoms with E-state index in [-0.39, 0.29) is 18.1 Å². The second kappa shape index (κ2) is 5.80. The van der Waals surface area contributed by atoms with Crippen LogP contribution in [0.15, 0.2) is 24.3 Å². The van der Waals surface area contributed by atoms with Crippen LogP contribution in [0.3, 0.4) is 0 Å². The standard InChI is InChI=1S/C13H14N2O2/c1-10(16)6-13(17)15(2)9-12-5-3-4-11(7-12)8-14/h3-5,7H,6,9H2,1-2H3. The second-order valence-corrected chi connectivity index (χ2v) is 3.94. The quantitative estimate of drug-likeness (QED) is 0.736. The summed E-state index contributed by atoms with van der Waals surface area (Å²) in [7, 11) is 1.64. The number of carbonyl (C=O) groups excluding carboxylic acids is 2. The fourth-order valence-corrected chi connectivity index (χ4v) is 1.45. The maximum atomic E-state index is 11.6. The van der Waals surface area contributed by atoms with Crippen molar-refractivity contribution in [1.29, 1.82) is 5.26 Å². The Morgan fingerprint density at radius 3 is 2.71 bits per heavy atom. The lowest BCUT2D eigenvalue weighted by molar-refractivity contribution is -0.134. The van der Waals surface area contributed by atoms with Crippen LogP contribution in [0.25, 0.3) is 0 Å². The summed E-state index contributed by atoms with van der Waals surface area (Å²) in [5, 5.41) is 8.75. The third-order valence-corrected chi connectivity index (χ3v) is 2.30. The number of hydrogen-bond donors (Lipinski definition) is 0. The summed E-state index contributed by atoms with van der Waals surface area (Å²) in [6.07, 6.45) is -0.0750. The zero-order valence-electron chi connectivity index (χ0n) is 9.93. The fourth-order valence-electron chi connectivity index (χ4n) is 1.45. The molecule has 0 saturated carbocycles. The molecule has 0 aliphatic carbocycles. The molecule has 0 aromatic heterocycles. The Hall–Kier alpha value is -2.15. The molecule has 0 fully saturated rings. The predicted molar refractivity (Wildman–Crippen MR) is 62.9 cm³/mol. The average Bonchev–Trinajstić information content (AvgIpc) is 2.28. The lowest BCUT2D eigenvalue weighted by atomic mass is 10.1. The van der Waals surface area contributed by atoms with Crippen LogP contribution in [0.1, 0.15) is 24.5 Å². The minimum atomic E-state index is -0.208. The predicted octanol–water partition coefficient (Wildman–Crippen LogP) is 1.50. The van der Waals surface area contributed by atoms with E-state index in [1.165, 1.54) is 11.8 Å². The van der Waals surface area contributed by atoms with Gasteiger partial charge in [-0.3, -0.25) is 9.59 Å². The molecule has 0 aliphatic rings. The molecule has 0 bridgehead atoms. The average molecular weight is 230 g/mol. The molecular weight excluding hydrogens is 216 g/mol. The van der Waals surface area contributed by atoms with Gasteiger partial charge in [-0.1, -0.05) is 12.1 Å². The first-order valence-corrected chi connectivity index (χ1v) is 5.25. The first-order valence-electron chi connectivity index (χ1n) is 5.25. The summed E-state index contributed by atoms with van der Waals surface area (Å²) in [6.45, 7) is 1.80. The van der Waals surface area contributed by atoms with Crippen molar-refractivity contribution >= 4 is 11.7 Å². The van der Waals surface area contributed by atoms with Crippen LogP contribution in [0.5, 0.6) is 0 Å². The summed E-state index contributed by atoms with van der Waals surface area (Å²) in [4.78, 5) is 23.9. The van der Waals surface area contributed by atoms with Crippen molar-refractivity contribution in [1.82, 2.24) is 4.90 Å². The first kappa shape index (κ1) is 12.9. The number of carbonyl (C=O) groups is 2. The molecule has 0 heterocycles. The minimum Gasteiger partial charge on any atom is -0.341 e. The van der Waals surface area contributed by atoms with Crippen molar-refractivity contribution in [2.75, 3.05) is 7.05 Å². The Kier molecular flexibility index (Phi) is 4.41. The van der Waals surface area contributed by atoms with E-state index in [1.54, 1.807) is 25.2 Å². The highest BCUT2D eigenvalue weighted by Crippen LogP contribution is 2.07. The van der Waals surface area contributed by atoms with Gasteiger partial charge in [0.2, 0.25) is 5.91 Å². The lowest BCUT2D eigenvalue weighted by Crippen LogP contribution is -2.27. The topological polar surface area (TPSA) is 61.2 Å². The van der Waals surface area contributed by atoms with E-state index in [4.69, 9.17) is 5.26 Å². The van der Waals surface area contributed by atoms with Gasteiger partial charge in [0.25, 0.3) is 0 Å². The summed E-state index contributed by atoms with van der Waals surface area (Å²) in [5.74, 6) is -0.354. The van der Waals surface area contributed by atoms with Crippen molar-refractivity contribution < 1.29 is 9.59 Å². The Morgan fingerprint density at radius 2 is 2.12 bits per heavy atom. The van der Waals surface area contributed by atoms with E-state index in [9.17, 15) is 9.59 Å². The summed E-state index contributed by atoms with van der Waals surface area (Å²) in [6, 6.07) is 9.11. The molecule has 1 rings (SSSR count). The molecular formula is C13H14N2O2. The van der Waals surface area contributed by atoms with Gasteiger partial charge >= 0.3 is 0 Å². The summed E-state index contributed by atoms with van der Waals surface area (Å²) >= 11 is 0. The Labute approximate surface area is 100 Å². The van der Waals surface area contributed by atoms with Gasteiger partial charge in [-0.2, -0.15) is 5.26 Å². The van der Waals surface area contributed by atoms with Gasteiger partial charge in [0.15, 0.2) is 0 Å². The monoisotopic (exact) mass is 230 g/mol. The summed E-state index contributed by atoms with van der Waals surface area (Å²) in [5.41, 5.74) is 1.44. The molecule has 0 saturated heterocycles. The van der Waals surface area contributed by atoms with Crippen LogP contribution in [-0.4, -0.2) is 23.6 Å². The van der Waals surface area contributed by atoms with Crippen LogP contribution >= 0.6 is 0 Å². The minimum absolute atomic E-state index is 0.0750. The molecule has 17 heavy (non-hydrogen) atoms. The molecule has 4 heteroatoms. The van der Waals surface area contributed by atoms with Crippen LogP contribution in [-0.2, 0) is 16.1 Å². The molecule has 0 atom stereocenters. The molecule has 0 spiro atoms. The van der Waals surface area contributed by atoms with E-state index in [1.807, 2.05) is 12.1 Å². The normalized spacial score (nSPS) is 9.47. The maximum Gasteiger partial charge on any atom is 0.230 e. The van der Waals surface area contributed by atoms with E-state index in [0.717, 1.165) is 5.56 Å². The van der Waals surface area contributed by atoms with Crippen molar-refractivity contribution in [3.63, 3.8) is 0 Å². The molecule has 4 nitrogen and oxygen atoms in total. The van der Waals surface area contributed by atoms with Crippen molar-refractivity contribution in [3.05, 3.63) is 35.4 Å². The molecule has 88 valence electrons. The fraction of sp³-hybridized carbons (Fsp3) is 0.308. The van der Waals surface area contributed by atoms with Gasteiger partial charge in [-0.25, -0.2) is 0 Å². The van der Waals surface area contributed by atoms with E-state index in [0.29, 0.717) is 12.1 Å². The zero-order valence-corrected chi connectivity index (χ0v) is 9.93. The second-order valence-electron chi connectivity index (χ2n) is 3.94. The highest BCUT2D eigenvalue weighted by Gasteiger charge is 2.11.